The van der Waals surface area contributed by atoms with E-state index in [4.69, 9.17) is 5.26 Å². The topological polar surface area (TPSA) is 82.0 Å². The van der Waals surface area contributed by atoms with Crippen LogP contribution in [0.2, 0.25) is 0 Å². The molecule has 1 fully saturated rings. The number of hydrogen-bond donors (Lipinski definition) is 2. The first-order chi connectivity index (χ1) is 9.61. The van der Waals surface area contributed by atoms with Gasteiger partial charge in [0.1, 0.15) is 12.1 Å². The average Bonchev–Trinajstić information content (AvgIpc) is 2.42. The van der Waals surface area contributed by atoms with E-state index in [0.717, 1.165) is 9.13 Å². The molecule has 0 bridgehead atoms. The van der Waals surface area contributed by atoms with E-state index in [1.807, 2.05) is 30.3 Å². The molecule has 5 nitrogen and oxygen atoms in total. The van der Waals surface area contributed by atoms with E-state index in [2.05, 4.69) is 33.2 Å². The van der Waals surface area contributed by atoms with Gasteiger partial charge in [0.25, 0.3) is 0 Å². The molecular formula is C14H14IN3O2. The Labute approximate surface area is 130 Å². The lowest BCUT2D eigenvalue weighted by atomic mass is 10.00. The van der Waals surface area contributed by atoms with E-state index in [0.29, 0.717) is 19.3 Å². The number of hydrogen-bond acceptors (Lipinski definition) is 3. The molecule has 2 N–H and O–H groups in total. The minimum Gasteiger partial charge on any atom is -0.342 e. The summed E-state index contributed by atoms with van der Waals surface area (Å²) in [7, 11) is 0. The number of nitrogens with zero attached hydrogens (tertiary/aromatic N) is 1. The van der Waals surface area contributed by atoms with Crippen LogP contribution < -0.4 is 10.6 Å². The molecule has 0 radical (unpaired) electrons. The Bertz CT molecular complexity index is 568. The number of carbonyl (C=O) groups excluding carboxylic acids is 2. The highest BCUT2D eigenvalue weighted by Gasteiger charge is 2.34. The van der Waals surface area contributed by atoms with Gasteiger partial charge in [-0.15, -0.1) is 0 Å². The van der Waals surface area contributed by atoms with Crippen molar-refractivity contribution in [3.8, 4) is 6.07 Å². The molecule has 2 unspecified atom stereocenters. The first-order valence-corrected chi connectivity index (χ1v) is 7.43. The van der Waals surface area contributed by atoms with Gasteiger partial charge in [0, 0.05) is 9.99 Å². The van der Waals surface area contributed by atoms with E-state index in [9.17, 15) is 9.59 Å². The van der Waals surface area contributed by atoms with E-state index in [1.165, 1.54) is 0 Å². The van der Waals surface area contributed by atoms with Gasteiger partial charge in [0.15, 0.2) is 0 Å². The fourth-order valence-corrected chi connectivity index (χ4v) is 2.71. The van der Waals surface area contributed by atoms with Gasteiger partial charge >= 0.3 is 0 Å². The fraction of sp³-hybridized carbons (Fsp3) is 0.357. The van der Waals surface area contributed by atoms with Crippen LogP contribution >= 0.6 is 22.6 Å². The predicted molar refractivity (Wildman–Crippen MR) is 81.4 cm³/mol. The molecule has 1 saturated heterocycles. The molecule has 104 valence electrons. The van der Waals surface area contributed by atoms with Crippen molar-refractivity contribution in [3.63, 3.8) is 0 Å². The normalized spacial score (nSPS) is 21.8. The van der Waals surface area contributed by atoms with Crippen LogP contribution in [0.5, 0.6) is 0 Å². The Hall–Kier alpha value is -1.62. The third-order valence-electron chi connectivity index (χ3n) is 3.15. The Morgan fingerprint density at radius 3 is 2.75 bits per heavy atom. The van der Waals surface area contributed by atoms with Crippen LogP contribution in [-0.2, 0) is 9.59 Å². The Balaban J connectivity index is 2.05. The molecule has 1 aromatic carbocycles. The highest BCUT2D eigenvalue weighted by molar-refractivity contribution is 14.1. The van der Waals surface area contributed by atoms with Crippen molar-refractivity contribution in [2.75, 3.05) is 0 Å². The lowest BCUT2D eigenvalue weighted by molar-refractivity contribution is -0.137. The molecule has 2 atom stereocenters. The number of piperazine rings is 1. The largest absolute Gasteiger partial charge is 0.342 e. The number of nitriles is 1. The molecule has 1 aliphatic heterocycles. The van der Waals surface area contributed by atoms with Crippen LogP contribution in [0.4, 0.5) is 0 Å². The zero-order valence-electron chi connectivity index (χ0n) is 10.7. The summed E-state index contributed by atoms with van der Waals surface area (Å²) in [6.07, 6.45) is 1.48. The number of rotatable bonds is 4. The molecule has 0 saturated carbocycles. The van der Waals surface area contributed by atoms with Crippen molar-refractivity contribution < 1.29 is 9.59 Å². The molecule has 0 aromatic heterocycles. The molecule has 2 rings (SSSR count). The number of unbranched alkanes of at least 4 members (excludes halogenated alkanes) is 1. The molecule has 6 heteroatoms. The highest BCUT2D eigenvalue weighted by Crippen LogP contribution is 2.20. The van der Waals surface area contributed by atoms with Crippen LogP contribution in [0.3, 0.4) is 0 Å². The first-order valence-electron chi connectivity index (χ1n) is 6.35. The number of nitrogens with one attached hydrogen (secondary N) is 2. The monoisotopic (exact) mass is 383 g/mol. The molecule has 1 heterocycles. The van der Waals surface area contributed by atoms with Gasteiger partial charge in [-0.1, -0.05) is 12.1 Å². The number of benzene rings is 1. The van der Waals surface area contributed by atoms with Crippen molar-refractivity contribution in [2.24, 2.45) is 0 Å². The second kappa shape index (κ2) is 6.70. The second-order valence-corrected chi connectivity index (χ2v) is 5.85. The first kappa shape index (κ1) is 14.8. The summed E-state index contributed by atoms with van der Waals surface area (Å²) in [5.41, 5.74) is 0.776. The highest BCUT2D eigenvalue weighted by atomic mass is 127. The van der Waals surface area contributed by atoms with Crippen molar-refractivity contribution in [3.05, 3.63) is 33.4 Å². The maximum Gasteiger partial charge on any atom is 0.247 e. The molecule has 2 amide bonds. The quantitative estimate of drug-likeness (QED) is 0.613. The minimum absolute atomic E-state index is 0.189. The standard InChI is InChI=1S/C14H14IN3O2/c15-10-5-3-4-9(8-10)12-14(20)17-11(13(19)18-12)6-1-2-7-16/h3-5,8,11-12H,1-2,6H2,(H,17,20)(H,18,19). The van der Waals surface area contributed by atoms with Gasteiger partial charge in [-0.3, -0.25) is 9.59 Å². The van der Waals surface area contributed by atoms with Gasteiger partial charge in [-0.25, -0.2) is 0 Å². The smallest absolute Gasteiger partial charge is 0.247 e. The van der Waals surface area contributed by atoms with Crippen LogP contribution in [-0.4, -0.2) is 17.9 Å². The zero-order valence-corrected chi connectivity index (χ0v) is 12.9. The number of carbonyl (C=O) groups is 2. The summed E-state index contributed by atoms with van der Waals surface area (Å²) in [6, 6.07) is 8.34. The molecule has 1 aromatic rings. The van der Waals surface area contributed by atoms with Crippen molar-refractivity contribution in [2.45, 2.75) is 31.3 Å². The van der Waals surface area contributed by atoms with E-state index in [1.54, 1.807) is 0 Å². The van der Waals surface area contributed by atoms with E-state index >= 15 is 0 Å². The number of halogens is 1. The van der Waals surface area contributed by atoms with Gasteiger partial charge in [0.05, 0.1) is 6.07 Å². The lowest BCUT2D eigenvalue weighted by Crippen LogP contribution is -2.57. The van der Waals surface area contributed by atoms with Crippen molar-refractivity contribution >= 4 is 34.4 Å². The van der Waals surface area contributed by atoms with Gasteiger partial charge < -0.3 is 10.6 Å². The Kier molecular flexibility index (Phi) is 4.95. The number of amides is 2. The van der Waals surface area contributed by atoms with Gasteiger partial charge in [-0.05, 0) is 53.1 Å². The van der Waals surface area contributed by atoms with E-state index in [-0.39, 0.29) is 11.8 Å². The van der Waals surface area contributed by atoms with Crippen molar-refractivity contribution in [1.29, 1.82) is 5.26 Å². The summed E-state index contributed by atoms with van der Waals surface area (Å²) in [4.78, 5) is 24.1. The summed E-state index contributed by atoms with van der Waals surface area (Å²) >= 11 is 2.17. The van der Waals surface area contributed by atoms with Gasteiger partial charge in [-0.2, -0.15) is 5.26 Å². The second-order valence-electron chi connectivity index (χ2n) is 4.61. The molecule has 20 heavy (non-hydrogen) atoms. The lowest BCUT2D eigenvalue weighted by Gasteiger charge is -2.29. The summed E-state index contributed by atoms with van der Waals surface area (Å²) in [5, 5.41) is 14.0. The van der Waals surface area contributed by atoms with Crippen LogP contribution in [0.1, 0.15) is 30.9 Å². The minimum atomic E-state index is -0.635. The summed E-state index contributed by atoms with van der Waals surface area (Å²) in [5.74, 6) is -0.389. The van der Waals surface area contributed by atoms with Crippen LogP contribution in [0.25, 0.3) is 0 Å². The van der Waals surface area contributed by atoms with Crippen LogP contribution in [0, 0.1) is 14.9 Å². The van der Waals surface area contributed by atoms with Gasteiger partial charge in [0.2, 0.25) is 11.8 Å². The van der Waals surface area contributed by atoms with Crippen molar-refractivity contribution in [1.82, 2.24) is 10.6 Å². The summed E-state index contributed by atoms with van der Waals surface area (Å²) < 4.78 is 1.01. The maximum atomic E-state index is 12.1. The van der Waals surface area contributed by atoms with Crippen LogP contribution in [0.15, 0.2) is 24.3 Å². The van der Waals surface area contributed by atoms with E-state index < -0.39 is 12.1 Å². The fourth-order valence-electron chi connectivity index (χ4n) is 2.14. The molecule has 0 spiro atoms. The molecule has 1 aliphatic rings. The summed E-state index contributed by atoms with van der Waals surface area (Å²) in [6.45, 7) is 0. The third-order valence-corrected chi connectivity index (χ3v) is 3.82. The SMILES string of the molecule is N#CCCCC1NC(=O)C(c2cccc(I)c2)NC1=O. The predicted octanol–water partition coefficient (Wildman–Crippen LogP) is 1.64. The Morgan fingerprint density at radius 1 is 1.25 bits per heavy atom. The maximum absolute atomic E-state index is 12.1. The molecule has 0 aliphatic carbocycles. The third kappa shape index (κ3) is 3.48. The average molecular weight is 383 g/mol. The zero-order chi connectivity index (χ0) is 14.5. The Morgan fingerprint density at radius 2 is 2.05 bits per heavy atom. The molecular weight excluding hydrogens is 369 g/mol.